The first-order valence-electron chi connectivity index (χ1n) is 4.24. The van der Waals surface area contributed by atoms with Crippen molar-refractivity contribution in [3.63, 3.8) is 0 Å². The van der Waals surface area contributed by atoms with Gasteiger partial charge in [-0.15, -0.1) is 0 Å². The molecule has 0 aliphatic rings. The topological polar surface area (TPSA) is 26.3 Å². The summed E-state index contributed by atoms with van der Waals surface area (Å²) in [6.07, 6.45) is 2.05. The molecule has 14 heavy (non-hydrogen) atoms. The van der Waals surface area contributed by atoms with Gasteiger partial charge in [-0.2, -0.15) is 0 Å². The van der Waals surface area contributed by atoms with Crippen LogP contribution >= 0.6 is 22.6 Å². The number of Topliss-reactive ketones (excluding diaryl/α,β-unsaturated/α-hetero) is 1. The van der Waals surface area contributed by atoms with Crippen LogP contribution in [0.2, 0.25) is 0 Å². The van der Waals surface area contributed by atoms with Gasteiger partial charge in [0.15, 0.2) is 0 Å². The van der Waals surface area contributed by atoms with Gasteiger partial charge in [-0.3, -0.25) is 4.79 Å². The van der Waals surface area contributed by atoms with Gasteiger partial charge in [-0.1, -0.05) is 18.2 Å². The zero-order valence-corrected chi connectivity index (χ0v) is 10.0. The van der Waals surface area contributed by atoms with Crippen molar-refractivity contribution >= 4 is 28.4 Å². The lowest BCUT2D eigenvalue weighted by Crippen LogP contribution is -1.90. The van der Waals surface area contributed by atoms with Crippen molar-refractivity contribution in [2.45, 2.75) is 13.3 Å². The summed E-state index contributed by atoms with van der Waals surface area (Å²) >= 11 is 2.10. The first kappa shape index (κ1) is 11.2. The van der Waals surface area contributed by atoms with Crippen LogP contribution in [0.3, 0.4) is 0 Å². The molecule has 0 radical (unpaired) electrons. The van der Waals surface area contributed by atoms with Gasteiger partial charge in [0.1, 0.15) is 17.8 Å². The van der Waals surface area contributed by atoms with Gasteiger partial charge >= 0.3 is 0 Å². The molecule has 0 fully saturated rings. The third-order valence-corrected chi connectivity index (χ3v) is 2.12. The largest absolute Gasteiger partial charge is 0.464 e. The lowest BCUT2D eigenvalue weighted by Gasteiger charge is -2.00. The van der Waals surface area contributed by atoms with Crippen LogP contribution in [0.5, 0.6) is 5.75 Å². The maximum Gasteiger partial charge on any atom is 0.134 e. The minimum absolute atomic E-state index is 0.141. The van der Waals surface area contributed by atoms with Crippen LogP contribution in [-0.4, -0.2) is 5.78 Å². The predicted octanol–water partition coefficient (Wildman–Crippen LogP) is 3.32. The van der Waals surface area contributed by atoms with Crippen LogP contribution in [0.1, 0.15) is 13.3 Å². The number of ketones is 1. The molecule has 3 heteroatoms. The normalized spacial score (nSPS) is 11.1. The number of hydrogen-bond donors (Lipinski definition) is 0. The minimum Gasteiger partial charge on any atom is -0.464 e. The van der Waals surface area contributed by atoms with E-state index in [1.54, 1.807) is 13.2 Å². The van der Waals surface area contributed by atoms with Gasteiger partial charge < -0.3 is 4.74 Å². The van der Waals surface area contributed by atoms with Crippen molar-refractivity contribution in [1.29, 1.82) is 0 Å². The van der Waals surface area contributed by atoms with E-state index >= 15 is 0 Å². The summed E-state index contributed by atoms with van der Waals surface area (Å²) < 4.78 is 6.25. The number of ether oxygens (including phenoxy) is 1. The van der Waals surface area contributed by atoms with Crippen LogP contribution in [0.4, 0.5) is 0 Å². The fraction of sp³-hybridized carbons (Fsp3) is 0.182. The van der Waals surface area contributed by atoms with Crippen LogP contribution in [-0.2, 0) is 4.79 Å². The molecule has 0 saturated heterocycles. The number of carbonyl (C=O) groups is 1. The van der Waals surface area contributed by atoms with Gasteiger partial charge in [0, 0.05) is 10.0 Å². The summed E-state index contributed by atoms with van der Waals surface area (Å²) in [6, 6.07) is 9.47. The maximum atomic E-state index is 10.8. The molecule has 1 rings (SSSR count). The smallest absolute Gasteiger partial charge is 0.134 e. The number of hydrogen-bond acceptors (Lipinski definition) is 2. The van der Waals surface area contributed by atoms with Crippen LogP contribution in [0.15, 0.2) is 40.2 Å². The number of carbonyl (C=O) groups excluding carboxylic acids is 1. The summed E-state index contributed by atoms with van der Waals surface area (Å²) in [6.45, 7) is 1.56. The SMILES string of the molecule is CC(=O)C/C(I)=C/Oc1ccccc1. The fourth-order valence-corrected chi connectivity index (χ4v) is 1.57. The molecule has 0 atom stereocenters. The zero-order valence-electron chi connectivity index (χ0n) is 7.87. The van der Waals surface area contributed by atoms with Crippen molar-refractivity contribution in [2.24, 2.45) is 0 Å². The second-order valence-electron chi connectivity index (χ2n) is 2.87. The van der Waals surface area contributed by atoms with Crippen LogP contribution in [0.25, 0.3) is 0 Å². The van der Waals surface area contributed by atoms with Gasteiger partial charge in [0.2, 0.25) is 0 Å². The van der Waals surface area contributed by atoms with Crippen molar-refractivity contribution in [3.8, 4) is 5.75 Å². The van der Waals surface area contributed by atoms with E-state index in [0.717, 1.165) is 9.33 Å². The Morgan fingerprint density at radius 1 is 1.43 bits per heavy atom. The van der Waals surface area contributed by atoms with Gasteiger partial charge in [-0.05, 0) is 41.6 Å². The maximum absolute atomic E-state index is 10.8. The predicted molar refractivity (Wildman–Crippen MR) is 64.5 cm³/mol. The van der Waals surface area contributed by atoms with E-state index in [1.807, 2.05) is 30.3 Å². The number of halogens is 1. The summed E-state index contributed by atoms with van der Waals surface area (Å²) in [5, 5.41) is 0. The van der Waals surface area contributed by atoms with E-state index < -0.39 is 0 Å². The highest BCUT2D eigenvalue weighted by atomic mass is 127. The van der Waals surface area contributed by atoms with E-state index in [4.69, 9.17) is 4.74 Å². The number of rotatable bonds is 4. The van der Waals surface area contributed by atoms with Crippen molar-refractivity contribution < 1.29 is 9.53 Å². The van der Waals surface area contributed by atoms with Gasteiger partial charge in [0.05, 0.1) is 0 Å². The quantitative estimate of drug-likeness (QED) is 0.630. The molecular formula is C11H11IO2. The minimum atomic E-state index is 0.141. The molecule has 0 aliphatic heterocycles. The Kier molecular flexibility index (Phi) is 4.65. The second-order valence-corrected chi connectivity index (χ2v) is 4.26. The molecule has 0 amide bonds. The summed E-state index contributed by atoms with van der Waals surface area (Å²) in [7, 11) is 0. The summed E-state index contributed by atoms with van der Waals surface area (Å²) in [5.74, 6) is 0.924. The highest BCUT2D eigenvalue weighted by Gasteiger charge is 1.97. The Bertz CT molecular complexity index is 330. The van der Waals surface area contributed by atoms with E-state index in [9.17, 15) is 4.79 Å². The lowest BCUT2D eigenvalue weighted by atomic mass is 10.3. The van der Waals surface area contributed by atoms with Crippen molar-refractivity contribution in [1.82, 2.24) is 0 Å². The Labute approximate surface area is 97.1 Å². The first-order chi connectivity index (χ1) is 6.68. The number of benzene rings is 1. The Balaban J connectivity index is 2.51. The molecule has 0 unspecified atom stereocenters. The zero-order chi connectivity index (χ0) is 10.4. The van der Waals surface area contributed by atoms with Crippen molar-refractivity contribution in [2.75, 3.05) is 0 Å². The Morgan fingerprint density at radius 3 is 2.64 bits per heavy atom. The third-order valence-electron chi connectivity index (χ3n) is 1.48. The highest BCUT2D eigenvalue weighted by molar-refractivity contribution is 14.1. The van der Waals surface area contributed by atoms with E-state index in [2.05, 4.69) is 22.6 Å². The number of allylic oxidation sites excluding steroid dienone is 1. The molecule has 0 spiro atoms. The first-order valence-corrected chi connectivity index (χ1v) is 5.32. The molecule has 0 bridgehead atoms. The number of para-hydroxylation sites is 1. The molecular weight excluding hydrogens is 291 g/mol. The molecule has 0 aromatic heterocycles. The fourth-order valence-electron chi connectivity index (χ4n) is 0.911. The summed E-state index contributed by atoms with van der Waals surface area (Å²) in [4.78, 5) is 10.8. The Morgan fingerprint density at radius 2 is 2.07 bits per heavy atom. The van der Waals surface area contributed by atoms with Crippen LogP contribution < -0.4 is 4.74 Å². The van der Waals surface area contributed by atoms with Crippen LogP contribution in [0, 0.1) is 0 Å². The van der Waals surface area contributed by atoms with Gasteiger partial charge in [0.25, 0.3) is 0 Å². The standard InChI is InChI=1S/C11H11IO2/c1-9(13)7-10(12)8-14-11-5-3-2-4-6-11/h2-6,8H,7H2,1H3/b10-8-. The molecule has 0 N–H and O–H groups in total. The van der Waals surface area contributed by atoms with E-state index in [0.29, 0.717) is 6.42 Å². The molecule has 0 heterocycles. The third kappa shape index (κ3) is 4.41. The van der Waals surface area contributed by atoms with E-state index in [-0.39, 0.29) is 5.78 Å². The molecule has 2 nitrogen and oxygen atoms in total. The molecule has 74 valence electrons. The Hall–Kier alpha value is -0.840. The molecule has 0 aliphatic carbocycles. The average molecular weight is 302 g/mol. The lowest BCUT2D eigenvalue weighted by molar-refractivity contribution is -0.116. The second kappa shape index (κ2) is 5.80. The summed E-state index contributed by atoms with van der Waals surface area (Å²) in [5.41, 5.74) is 0. The molecule has 1 aromatic rings. The average Bonchev–Trinajstić information content (AvgIpc) is 2.15. The molecule has 0 saturated carbocycles. The van der Waals surface area contributed by atoms with Crippen molar-refractivity contribution in [3.05, 3.63) is 40.2 Å². The monoisotopic (exact) mass is 302 g/mol. The van der Waals surface area contributed by atoms with E-state index in [1.165, 1.54) is 0 Å². The highest BCUT2D eigenvalue weighted by Crippen LogP contribution is 2.14. The van der Waals surface area contributed by atoms with Gasteiger partial charge in [-0.25, -0.2) is 0 Å². The molecule has 1 aromatic carbocycles.